The van der Waals surface area contributed by atoms with Gasteiger partial charge in [-0.25, -0.2) is 0 Å². The molecule has 0 amide bonds. The summed E-state index contributed by atoms with van der Waals surface area (Å²) < 4.78 is 15.0. The number of para-hydroxylation sites is 1. The standard InChI is InChI=1S/C7H9O2P.Mg.2H/c1-6-4-2-3-5-7(6)9-10-8;;;/h2-5H,10H2,1H3;;;. The molecule has 0 saturated heterocycles. The van der Waals surface area contributed by atoms with E-state index in [0.717, 1.165) is 5.56 Å². The van der Waals surface area contributed by atoms with Gasteiger partial charge >= 0.3 is 23.1 Å². The van der Waals surface area contributed by atoms with E-state index in [2.05, 4.69) is 0 Å². The van der Waals surface area contributed by atoms with Crippen LogP contribution in [0.3, 0.4) is 0 Å². The molecule has 0 heterocycles. The van der Waals surface area contributed by atoms with Crippen LogP contribution in [0.2, 0.25) is 0 Å². The Kier molecular flexibility index (Phi) is 5.65. The monoisotopic (exact) mass is 182 g/mol. The topological polar surface area (TPSA) is 26.3 Å². The van der Waals surface area contributed by atoms with Crippen molar-refractivity contribution in [3.8, 4) is 5.75 Å². The van der Waals surface area contributed by atoms with Gasteiger partial charge < -0.3 is 4.52 Å². The second kappa shape index (κ2) is 5.64. The van der Waals surface area contributed by atoms with Crippen molar-refractivity contribution >= 4 is 31.7 Å². The molecule has 0 radical (unpaired) electrons. The average Bonchev–Trinajstić information content (AvgIpc) is 1.94. The maximum Gasteiger partial charge on any atom is 0.316 e. The van der Waals surface area contributed by atoms with Crippen molar-refractivity contribution in [3.05, 3.63) is 29.8 Å². The van der Waals surface area contributed by atoms with Crippen molar-refractivity contribution in [3.63, 3.8) is 0 Å². The van der Waals surface area contributed by atoms with Gasteiger partial charge in [0.1, 0.15) is 5.75 Å². The maximum atomic E-state index is 10.1. The van der Waals surface area contributed by atoms with E-state index in [1.165, 1.54) is 0 Å². The molecule has 1 aromatic carbocycles. The summed E-state index contributed by atoms with van der Waals surface area (Å²) in [5.74, 6) is 0.715. The van der Waals surface area contributed by atoms with Gasteiger partial charge in [0.25, 0.3) is 0 Å². The molecule has 0 bridgehead atoms. The van der Waals surface area contributed by atoms with Crippen LogP contribution in [0, 0.1) is 6.92 Å². The fraction of sp³-hybridized carbons (Fsp3) is 0.143. The lowest BCUT2D eigenvalue weighted by Gasteiger charge is -2.00. The minimum Gasteiger partial charge on any atom is -0.447 e. The van der Waals surface area contributed by atoms with Gasteiger partial charge in [0.2, 0.25) is 8.69 Å². The Hall–Kier alpha value is 0.0162. The van der Waals surface area contributed by atoms with E-state index in [4.69, 9.17) is 4.52 Å². The third-order valence-corrected chi connectivity index (χ3v) is 1.62. The van der Waals surface area contributed by atoms with Crippen LogP contribution in [0.25, 0.3) is 0 Å². The Morgan fingerprint density at radius 3 is 2.55 bits per heavy atom. The zero-order valence-electron chi connectivity index (χ0n) is 5.70. The fourth-order valence-corrected chi connectivity index (χ4v) is 1.11. The second-order valence-corrected chi connectivity index (χ2v) is 2.41. The highest BCUT2D eigenvalue weighted by molar-refractivity contribution is 7.17. The number of aryl methyl sites for hydroxylation is 1. The van der Waals surface area contributed by atoms with Gasteiger partial charge in [-0.1, -0.05) is 18.2 Å². The second-order valence-electron chi connectivity index (χ2n) is 1.98. The van der Waals surface area contributed by atoms with E-state index in [1.807, 2.05) is 25.1 Å². The molecule has 1 rings (SSSR count). The quantitative estimate of drug-likeness (QED) is 0.506. The van der Waals surface area contributed by atoms with Crippen LogP contribution in [0.5, 0.6) is 5.75 Å². The molecule has 1 atom stereocenters. The average molecular weight is 182 g/mol. The molecular weight excluding hydrogens is 171 g/mol. The summed E-state index contributed by atoms with van der Waals surface area (Å²) in [6.07, 6.45) is 0. The number of hydrogen-bond acceptors (Lipinski definition) is 2. The molecule has 1 unspecified atom stereocenters. The third kappa shape index (κ3) is 3.28. The van der Waals surface area contributed by atoms with E-state index < -0.39 is 8.69 Å². The number of benzene rings is 1. The summed E-state index contributed by atoms with van der Waals surface area (Å²) in [4.78, 5) is 0. The van der Waals surface area contributed by atoms with Crippen molar-refractivity contribution in [2.75, 3.05) is 0 Å². The lowest BCUT2D eigenvalue weighted by molar-refractivity contribution is 0.523. The van der Waals surface area contributed by atoms with Crippen LogP contribution in [0.15, 0.2) is 24.3 Å². The molecule has 0 aliphatic carbocycles. The summed E-state index contributed by atoms with van der Waals surface area (Å²) in [6, 6.07) is 7.50. The lowest BCUT2D eigenvalue weighted by atomic mass is 10.2. The van der Waals surface area contributed by atoms with Crippen molar-refractivity contribution in [1.29, 1.82) is 0 Å². The molecule has 0 saturated carbocycles. The normalized spacial score (nSPS) is 9.55. The summed E-state index contributed by atoms with van der Waals surface area (Å²) in [5, 5.41) is 0. The Morgan fingerprint density at radius 1 is 1.36 bits per heavy atom. The number of rotatable bonds is 2. The van der Waals surface area contributed by atoms with Gasteiger partial charge in [0, 0.05) is 0 Å². The predicted octanol–water partition coefficient (Wildman–Crippen LogP) is 1.13. The van der Waals surface area contributed by atoms with Crippen LogP contribution >= 0.6 is 8.69 Å². The molecule has 0 N–H and O–H groups in total. The van der Waals surface area contributed by atoms with Crippen LogP contribution in [0.4, 0.5) is 0 Å². The van der Waals surface area contributed by atoms with Gasteiger partial charge in [-0.2, -0.15) is 0 Å². The Morgan fingerprint density at radius 2 is 2.00 bits per heavy atom. The summed E-state index contributed by atoms with van der Waals surface area (Å²) in [6.45, 7) is 1.92. The Balaban J connectivity index is 0.000001000. The molecule has 11 heavy (non-hydrogen) atoms. The first kappa shape index (κ1) is 11.0. The first-order valence-electron chi connectivity index (χ1n) is 3.00. The maximum absolute atomic E-state index is 10.1. The molecular formula is C7H11MgO2P. The molecule has 58 valence electrons. The highest BCUT2D eigenvalue weighted by Crippen LogP contribution is 2.19. The van der Waals surface area contributed by atoms with E-state index in [-0.39, 0.29) is 23.1 Å². The van der Waals surface area contributed by atoms with Gasteiger partial charge in [-0.05, 0) is 18.6 Å². The zero-order chi connectivity index (χ0) is 7.40. The largest absolute Gasteiger partial charge is 0.447 e. The smallest absolute Gasteiger partial charge is 0.316 e. The highest BCUT2D eigenvalue weighted by Gasteiger charge is 1.92. The summed E-state index contributed by atoms with van der Waals surface area (Å²) in [7, 11) is -1.14. The van der Waals surface area contributed by atoms with Crippen molar-refractivity contribution in [1.82, 2.24) is 0 Å². The van der Waals surface area contributed by atoms with Gasteiger partial charge in [0.15, 0.2) is 0 Å². The SMILES string of the molecule is Cc1ccccc1O[PH2]=O.[MgH2]. The zero-order valence-corrected chi connectivity index (χ0v) is 6.86. The predicted molar refractivity (Wildman–Crippen MR) is 50.7 cm³/mol. The van der Waals surface area contributed by atoms with E-state index in [0.29, 0.717) is 5.75 Å². The van der Waals surface area contributed by atoms with Crippen molar-refractivity contribution < 1.29 is 9.09 Å². The van der Waals surface area contributed by atoms with Crippen LogP contribution in [-0.4, -0.2) is 23.1 Å². The molecule has 0 aliphatic heterocycles. The minimum atomic E-state index is -1.14. The third-order valence-electron chi connectivity index (χ3n) is 1.27. The highest BCUT2D eigenvalue weighted by atomic mass is 31.1. The van der Waals surface area contributed by atoms with Crippen LogP contribution < -0.4 is 4.52 Å². The fourth-order valence-electron chi connectivity index (χ4n) is 0.740. The van der Waals surface area contributed by atoms with Gasteiger partial charge in [-0.3, -0.25) is 4.57 Å². The molecule has 0 spiro atoms. The molecule has 1 aromatic rings. The minimum absolute atomic E-state index is 0. The molecule has 2 nitrogen and oxygen atoms in total. The van der Waals surface area contributed by atoms with E-state index in [1.54, 1.807) is 6.07 Å². The lowest BCUT2D eigenvalue weighted by Crippen LogP contribution is -1.78. The van der Waals surface area contributed by atoms with Gasteiger partial charge in [-0.15, -0.1) is 0 Å². The van der Waals surface area contributed by atoms with E-state index in [9.17, 15) is 4.57 Å². The first-order valence-corrected chi connectivity index (χ1v) is 3.95. The van der Waals surface area contributed by atoms with Crippen LogP contribution in [0.1, 0.15) is 5.56 Å². The summed E-state index contributed by atoms with van der Waals surface area (Å²) >= 11 is 0. The summed E-state index contributed by atoms with van der Waals surface area (Å²) in [5.41, 5.74) is 1.02. The molecule has 0 fully saturated rings. The van der Waals surface area contributed by atoms with Crippen molar-refractivity contribution in [2.24, 2.45) is 0 Å². The molecule has 4 heteroatoms. The first-order chi connectivity index (χ1) is 4.84. The molecule has 0 aliphatic rings. The van der Waals surface area contributed by atoms with Crippen LogP contribution in [-0.2, 0) is 4.57 Å². The van der Waals surface area contributed by atoms with Crippen molar-refractivity contribution in [2.45, 2.75) is 6.92 Å². The van der Waals surface area contributed by atoms with E-state index >= 15 is 0 Å². The number of hydrogen-bond donors (Lipinski definition) is 0. The molecule has 0 aromatic heterocycles. The Labute approximate surface area is 83.4 Å². The van der Waals surface area contributed by atoms with Gasteiger partial charge in [0.05, 0.1) is 0 Å². The Bertz CT molecular complexity index is 240.